The molecule has 1 spiro atoms. The zero-order valence-corrected chi connectivity index (χ0v) is 11.6. The van der Waals surface area contributed by atoms with E-state index < -0.39 is 0 Å². The van der Waals surface area contributed by atoms with Gasteiger partial charge in [-0.2, -0.15) is 0 Å². The second kappa shape index (κ2) is 4.68. The highest BCUT2D eigenvalue weighted by atomic mass is 15.1. The van der Waals surface area contributed by atoms with Gasteiger partial charge in [-0.25, -0.2) is 0 Å². The third kappa shape index (κ3) is 2.45. The summed E-state index contributed by atoms with van der Waals surface area (Å²) in [5.41, 5.74) is 0.762. The van der Waals surface area contributed by atoms with Crippen molar-refractivity contribution in [3.05, 3.63) is 0 Å². The van der Waals surface area contributed by atoms with Crippen LogP contribution in [0.5, 0.6) is 0 Å². The lowest BCUT2D eigenvalue weighted by Crippen LogP contribution is -2.40. The van der Waals surface area contributed by atoms with Crippen molar-refractivity contribution in [2.45, 2.75) is 65.8 Å². The zero-order valence-electron chi connectivity index (χ0n) is 11.6. The van der Waals surface area contributed by atoms with Gasteiger partial charge in [0.2, 0.25) is 0 Å². The summed E-state index contributed by atoms with van der Waals surface area (Å²) in [6, 6.07) is 0.746. The minimum absolute atomic E-state index is 0.746. The van der Waals surface area contributed by atoms with Gasteiger partial charge >= 0.3 is 0 Å². The van der Waals surface area contributed by atoms with Crippen molar-refractivity contribution in [3.63, 3.8) is 0 Å². The molecule has 2 aliphatic rings. The maximum atomic E-state index is 2.68. The maximum Gasteiger partial charge on any atom is 0.00385 e. The first-order valence-corrected chi connectivity index (χ1v) is 7.26. The minimum atomic E-state index is 0.746. The molecule has 1 nitrogen and oxygen atoms in total. The summed E-state index contributed by atoms with van der Waals surface area (Å²) in [4.78, 5) is 2.68. The fourth-order valence-corrected chi connectivity index (χ4v) is 3.72. The lowest BCUT2D eigenvalue weighted by molar-refractivity contribution is 0.0111. The molecule has 0 unspecified atom stereocenters. The largest absolute Gasteiger partial charge is 0.301 e. The van der Waals surface area contributed by atoms with E-state index in [4.69, 9.17) is 0 Å². The molecule has 0 radical (unpaired) electrons. The van der Waals surface area contributed by atoms with Crippen LogP contribution in [0.25, 0.3) is 0 Å². The molecule has 0 N–H and O–H groups in total. The third-order valence-corrected chi connectivity index (χ3v) is 5.15. The highest BCUT2D eigenvalue weighted by Gasteiger charge is 2.45. The minimum Gasteiger partial charge on any atom is -0.301 e. The summed E-state index contributed by atoms with van der Waals surface area (Å²) in [5, 5.41) is 0. The lowest BCUT2D eigenvalue weighted by Gasteiger charge is -2.50. The Morgan fingerprint density at radius 2 is 1.69 bits per heavy atom. The molecule has 0 aromatic rings. The van der Waals surface area contributed by atoms with Crippen LogP contribution in [-0.4, -0.2) is 24.0 Å². The second-order valence-electron chi connectivity index (χ2n) is 6.90. The molecule has 2 fully saturated rings. The molecule has 0 bridgehead atoms. The standard InChI is InChI=1S/C15H29N/c1-12(2)14-10-15(11-14)6-5-8-16(9-7-15)13(3)4/h12-14H,5-11H2,1-4H3. The van der Waals surface area contributed by atoms with Crippen molar-refractivity contribution >= 4 is 0 Å². The smallest absolute Gasteiger partial charge is 0.00385 e. The van der Waals surface area contributed by atoms with Gasteiger partial charge in [0.15, 0.2) is 0 Å². The van der Waals surface area contributed by atoms with Crippen LogP contribution in [0.15, 0.2) is 0 Å². The van der Waals surface area contributed by atoms with Gasteiger partial charge in [-0.1, -0.05) is 13.8 Å². The van der Waals surface area contributed by atoms with E-state index in [1.54, 1.807) is 0 Å². The monoisotopic (exact) mass is 223 g/mol. The van der Waals surface area contributed by atoms with Crippen molar-refractivity contribution < 1.29 is 0 Å². The first-order chi connectivity index (χ1) is 7.52. The molecule has 1 saturated heterocycles. The maximum absolute atomic E-state index is 2.68. The van der Waals surface area contributed by atoms with Crippen molar-refractivity contribution in [3.8, 4) is 0 Å². The molecule has 0 aromatic heterocycles. The quantitative estimate of drug-likeness (QED) is 0.685. The van der Waals surface area contributed by atoms with E-state index in [1.807, 2.05) is 0 Å². The van der Waals surface area contributed by atoms with E-state index in [2.05, 4.69) is 32.6 Å². The Morgan fingerprint density at radius 1 is 1.00 bits per heavy atom. The Morgan fingerprint density at radius 3 is 2.25 bits per heavy atom. The van der Waals surface area contributed by atoms with Crippen LogP contribution < -0.4 is 0 Å². The summed E-state index contributed by atoms with van der Waals surface area (Å²) >= 11 is 0. The molecule has 1 aliphatic carbocycles. The fraction of sp³-hybridized carbons (Fsp3) is 1.00. The van der Waals surface area contributed by atoms with Gasteiger partial charge < -0.3 is 4.90 Å². The van der Waals surface area contributed by atoms with Crippen LogP contribution in [0.3, 0.4) is 0 Å². The van der Waals surface area contributed by atoms with Gasteiger partial charge in [0.1, 0.15) is 0 Å². The average molecular weight is 223 g/mol. The lowest BCUT2D eigenvalue weighted by atomic mass is 9.56. The van der Waals surface area contributed by atoms with E-state index in [0.717, 1.165) is 23.3 Å². The summed E-state index contributed by atoms with van der Waals surface area (Å²) in [6.07, 6.45) is 7.45. The molecule has 0 amide bonds. The fourth-order valence-electron chi connectivity index (χ4n) is 3.72. The van der Waals surface area contributed by atoms with E-state index >= 15 is 0 Å². The van der Waals surface area contributed by atoms with E-state index in [9.17, 15) is 0 Å². The number of likely N-dealkylation sites (tertiary alicyclic amines) is 1. The van der Waals surface area contributed by atoms with Gasteiger partial charge in [0, 0.05) is 6.04 Å². The van der Waals surface area contributed by atoms with Crippen LogP contribution in [-0.2, 0) is 0 Å². The molecular formula is C15H29N. The summed E-state index contributed by atoms with van der Waals surface area (Å²) < 4.78 is 0. The van der Waals surface area contributed by atoms with Gasteiger partial charge in [-0.3, -0.25) is 0 Å². The van der Waals surface area contributed by atoms with Gasteiger partial charge in [0.25, 0.3) is 0 Å². The summed E-state index contributed by atoms with van der Waals surface area (Å²) in [6.45, 7) is 12.2. The first-order valence-electron chi connectivity index (χ1n) is 7.26. The molecule has 2 rings (SSSR count). The van der Waals surface area contributed by atoms with Gasteiger partial charge in [-0.15, -0.1) is 0 Å². The van der Waals surface area contributed by atoms with Crippen LogP contribution in [0, 0.1) is 17.3 Å². The molecular weight excluding hydrogens is 194 g/mol. The normalized spacial score (nSPS) is 36.8. The van der Waals surface area contributed by atoms with Crippen LogP contribution >= 0.6 is 0 Å². The molecule has 1 heteroatoms. The molecule has 1 saturated carbocycles. The van der Waals surface area contributed by atoms with Crippen molar-refractivity contribution in [2.75, 3.05) is 13.1 Å². The second-order valence-corrected chi connectivity index (χ2v) is 6.90. The van der Waals surface area contributed by atoms with E-state index in [-0.39, 0.29) is 0 Å². The predicted molar refractivity (Wildman–Crippen MR) is 70.6 cm³/mol. The Hall–Kier alpha value is -0.0400. The molecule has 0 aromatic carbocycles. The van der Waals surface area contributed by atoms with Crippen LogP contribution in [0.2, 0.25) is 0 Å². The Bertz CT molecular complexity index is 226. The topological polar surface area (TPSA) is 3.24 Å². The van der Waals surface area contributed by atoms with Gasteiger partial charge in [-0.05, 0) is 76.3 Å². The SMILES string of the molecule is CC(C)C1CC2(CCCN(C(C)C)CC2)C1. The van der Waals surface area contributed by atoms with Crippen LogP contribution in [0.4, 0.5) is 0 Å². The Labute approximate surface area is 102 Å². The van der Waals surface area contributed by atoms with E-state index in [0.29, 0.717) is 0 Å². The highest BCUT2D eigenvalue weighted by Crippen LogP contribution is 2.54. The summed E-state index contributed by atoms with van der Waals surface area (Å²) in [5.74, 6) is 1.95. The van der Waals surface area contributed by atoms with Gasteiger partial charge in [0.05, 0.1) is 0 Å². The first kappa shape index (κ1) is 12.4. The molecule has 16 heavy (non-hydrogen) atoms. The predicted octanol–water partition coefficient (Wildman–Crippen LogP) is 3.93. The van der Waals surface area contributed by atoms with E-state index in [1.165, 1.54) is 45.2 Å². The Balaban J connectivity index is 1.86. The summed E-state index contributed by atoms with van der Waals surface area (Å²) in [7, 11) is 0. The zero-order chi connectivity index (χ0) is 11.8. The van der Waals surface area contributed by atoms with Crippen LogP contribution in [0.1, 0.15) is 59.8 Å². The number of rotatable bonds is 2. The number of nitrogens with zero attached hydrogens (tertiary/aromatic N) is 1. The average Bonchev–Trinajstić information content (AvgIpc) is 2.36. The molecule has 1 heterocycles. The number of hydrogen-bond acceptors (Lipinski definition) is 1. The van der Waals surface area contributed by atoms with Crippen molar-refractivity contribution in [1.82, 2.24) is 4.90 Å². The molecule has 0 atom stereocenters. The van der Waals surface area contributed by atoms with Crippen molar-refractivity contribution in [2.24, 2.45) is 17.3 Å². The molecule has 1 aliphatic heterocycles. The highest BCUT2D eigenvalue weighted by molar-refractivity contribution is 4.96. The van der Waals surface area contributed by atoms with Crippen molar-refractivity contribution in [1.29, 1.82) is 0 Å². The molecule has 94 valence electrons. The number of hydrogen-bond donors (Lipinski definition) is 0. The third-order valence-electron chi connectivity index (χ3n) is 5.15. The Kier molecular flexibility index (Phi) is 3.63.